The zero-order chi connectivity index (χ0) is 12.1. The Kier molecular flexibility index (Phi) is 4.09. The van der Waals surface area contributed by atoms with Crippen LogP contribution in [0.3, 0.4) is 0 Å². The fraction of sp³-hybridized carbons (Fsp3) is 0.308. The third kappa shape index (κ3) is 3.27. The first-order chi connectivity index (χ1) is 8.29. The molecule has 0 radical (unpaired) electrons. The van der Waals surface area contributed by atoms with E-state index in [1.54, 1.807) is 7.11 Å². The van der Waals surface area contributed by atoms with Gasteiger partial charge in [-0.1, -0.05) is 18.2 Å². The molecule has 17 heavy (non-hydrogen) atoms. The standard InChI is InChI=1S/C13H16N2OS/c1-16-12-5-3-2-4-10(12)6-7-11-8-9-13(17)15-14-11/h2-7,13,15,17H,8-9H2,1H3/b7-6+. The van der Waals surface area contributed by atoms with Gasteiger partial charge in [-0.25, -0.2) is 0 Å². The number of hydrazone groups is 1. The third-order valence-electron chi connectivity index (χ3n) is 2.63. The second kappa shape index (κ2) is 5.77. The van der Waals surface area contributed by atoms with Gasteiger partial charge >= 0.3 is 0 Å². The van der Waals surface area contributed by atoms with Crippen molar-refractivity contribution in [2.75, 3.05) is 7.11 Å². The fourth-order valence-electron chi connectivity index (χ4n) is 1.67. The summed E-state index contributed by atoms with van der Waals surface area (Å²) in [6, 6.07) is 7.92. The van der Waals surface area contributed by atoms with Gasteiger partial charge in [0.25, 0.3) is 0 Å². The molecule has 1 aliphatic heterocycles. The van der Waals surface area contributed by atoms with Gasteiger partial charge in [0.2, 0.25) is 0 Å². The zero-order valence-electron chi connectivity index (χ0n) is 9.76. The normalized spacial score (nSPS) is 19.9. The number of methoxy groups -OCH3 is 1. The SMILES string of the molecule is COc1ccccc1/C=C/C1=NNC(S)CC1. The Bertz CT molecular complexity index is 443. The van der Waals surface area contributed by atoms with E-state index < -0.39 is 0 Å². The Morgan fingerprint density at radius 2 is 2.24 bits per heavy atom. The molecule has 90 valence electrons. The fourth-order valence-corrected chi connectivity index (χ4v) is 1.86. The van der Waals surface area contributed by atoms with Gasteiger partial charge in [-0.05, 0) is 31.1 Å². The highest BCUT2D eigenvalue weighted by molar-refractivity contribution is 7.80. The molecule has 0 bridgehead atoms. The van der Waals surface area contributed by atoms with E-state index in [0.29, 0.717) is 0 Å². The van der Waals surface area contributed by atoms with Crippen LogP contribution >= 0.6 is 12.6 Å². The van der Waals surface area contributed by atoms with Crippen LogP contribution in [0.5, 0.6) is 5.75 Å². The van der Waals surface area contributed by atoms with Crippen LogP contribution in [-0.2, 0) is 0 Å². The van der Waals surface area contributed by atoms with Crippen molar-refractivity contribution in [1.82, 2.24) is 5.43 Å². The predicted octanol–water partition coefficient (Wildman–Crippen LogP) is 2.70. The number of allylic oxidation sites excluding steroid dienone is 1. The predicted molar refractivity (Wildman–Crippen MR) is 74.6 cm³/mol. The van der Waals surface area contributed by atoms with Gasteiger partial charge in [-0.15, -0.1) is 0 Å². The Morgan fingerprint density at radius 1 is 1.41 bits per heavy atom. The molecule has 1 N–H and O–H groups in total. The van der Waals surface area contributed by atoms with Crippen molar-refractivity contribution in [3.05, 3.63) is 35.9 Å². The molecule has 0 aliphatic carbocycles. The molecule has 0 aromatic heterocycles. The van der Waals surface area contributed by atoms with Crippen LogP contribution in [0, 0.1) is 0 Å². The molecular formula is C13H16N2OS. The molecule has 4 heteroatoms. The molecule has 3 nitrogen and oxygen atoms in total. The van der Waals surface area contributed by atoms with Crippen molar-refractivity contribution < 1.29 is 4.74 Å². The van der Waals surface area contributed by atoms with Gasteiger partial charge in [-0.2, -0.15) is 17.7 Å². The first-order valence-corrected chi connectivity index (χ1v) is 6.12. The summed E-state index contributed by atoms with van der Waals surface area (Å²) in [7, 11) is 1.68. The van der Waals surface area contributed by atoms with E-state index in [0.717, 1.165) is 29.9 Å². The molecule has 0 fully saturated rings. The zero-order valence-corrected chi connectivity index (χ0v) is 10.7. The molecule has 1 aromatic carbocycles. The van der Waals surface area contributed by atoms with Crippen molar-refractivity contribution in [3.8, 4) is 5.75 Å². The summed E-state index contributed by atoms with van der Waals surface area (Å²) in [4.78, 5) is 0. The van der Waals surface area contributed by atoms with Crippen molar-refractivity contribution >= 4 is 24.4 Å². The Hall–Kier alpha value is -1.42. The molecule has 1 aromatic rings. The highest BCUT2D eigenvalue weighted by Crippen LogP contribution is 2.19. The first kappa shape index (κ1) is 12.0. The molecule has 0 spiro atoms. The van der Waals surface area contributed by atoms with E-state index in [-0.39, 0.29) is 5.37 Å². The number of thiol groups is 1. The molecule has 0 amide bonds. The molecule has 1 aliphatic rings. The lowest BCUT2D eigenvalue weighted by Gasteiger charge is -2.16. The maximum absolute atomic E-state index is 5.28. The van der Waals surface area contributed by atoms with Gasteiger partial charge in [0.05, 0.1) is 18.2 Å². The lowest BCUT2D eigenvalue weighted by Crippen LogP contribution is -2.25. The van der Waals surface area contributed by atoms with Crippen LogP contribution in [0.4, 0.5) is 0 Å². The monoisotopic (exact) mass is 248 g/mol. The minimum Gasteiger partial charge on any atom is -0.496 e. The summed E-state index contributed by atoms with van der Waals surface area (Å²) in [5.74, 6) is 0.875. The number of hydrogen-bond acceptors (Lipinski definition) is 4. The van der Waals surface area contributed by atoms with Crippen LogP contribution in [0.1, 0.15) is 18.4 Å². The number of para-hydroxylation sites is 1. The molecule has 0 saturated carbocycles. The molecule has 2 rings (SSSR count). The topological polar surface area (TPSA) is 33.6 Å². The smallest absolute Gasteiger partial charge is 0.126 e. The van der Waals surface area contributed by atoms with Crippen LogP contribution in [0.25, 0.3) is 6.08 Å². The molecule has 1 atom stereocenters. The minimum absolute atomic E-state index is 0.179. The lowest BCUT2D eigenvalue weighted by molar-refractivity contribution is 0.414. The van der Waals surface area contributed by atoms with Crippen LogP contribution < -0.4 is 10.2 Å². The molecule has 1 unspecified atom stereocenters. The number of ether oxygens (including phenoxy) is 1. The van der Waals surface area contributed by atoms with E-state index in [4.69, 9.17) is 4.74 Å². The van der Waals surface area contributed by atoms with Crippen molar-refractivity contribution in [3.63, 3.8) is 0 Å². The number of rotatable bonds is 3. The summed E-state index contributed by atoms with van der Waals surface area (Å²) < 4.78 is 5.28. The Balaban J connectivity index is 2.10. The number of nitrogens with zero attached hydrogens (tertiary/aromatic N) is 1. The van der Waals surface area contributed by atoms with Gasteiger partial charge < -0.3 is 4.74 Å². The summed E-state index contributed by atoms with van der Waals surface area (Å²) in [5.41, 5.74) is 5.07. The molecule has 1 heterocycles. The molecule has 0 saturated heterocycles. The van der Waals surface area contributed by atoms with Crippen LogP contribution in [-0.4, -0.2) is 18.2 Å². The highest BCUT2D eigenvalue weighted by atomic mass is 32.1. The summed E-state index contributed by atoms with van der Waals surface area (Å²) >= 11 is 4.31. The van der Waals surface area contributed by atoms with Gasteiger partial charge in [0.15, 0.2) is 0 Å². The van der Waals surface area contributed by atoms with E-state index >= 15 is 0 Å². The van der Waals surface area contributed by atoms with Crippen LogP contribution in [0.15, 0.2) is 35.4 Å². The quantitative estimate of drug-likeness (QED) is 0.806. The highest BCUT2D eigenvalue weighted by Gasteiger charge is 2.08. The van der Waals surface area contributed by atoms with E-state index in [2.05, 4.69) is 23.2 Å². The second-order valence-corrected chi connectivity index (χ2v) is 4.49. The summed E-state index contributed by atoms with van der Waals surface area (Å²) in [6.07, 6.45) is 5.99. The van der Waals surface area contributed by atoms with Gasteiger partial charge in [0, 0.05) is 5.56 Å². The second-order valence-electron chi connectivity index (χ2n) is 3.86. The Labute approximate surface area is 107 Å². The average Bonchev–Trinajstić information content (AvgIpc) is 2.38. The average molecular weight is 248 g/mol. The third-order valence-corrected chi connectivity index (χ3v) is 3.00. The number of hydrogen-bond donors (Lipinski definition) is 2. The van der Waals surface area contributed by atoms with Gasteiger partial charge in [-0.3, -0.25) is 5.43 Å². The van der Waals surface area contributed by atoms with E-state index in [1.165, 1.54) is 0 Å². The van der Waals surface area contributed by atoms with E-state index in [1.807, 2.05) is 36.4 Å². The van der Waals surface area contributed by atoms with Crippen molar-refractivity contribution in [1.29, 1.82) is 0 Å². The van der Waals surface area contributed by atoms with Crippen molar-refractivity contribution in [2.24, 2.45) is 5.10 Å². The lowest BCUT2D eigenvalue weighted by atomic mass is 10.1. The number of benzene rings is 1. The van der Waals surface area contributed by atoms with E-state index in [9.17, 15) is 0 Å². The summed E-state index contributed by atoms with van der Waals surface area (Å²) in [6.45, 7) is 0. The largest absolute Gasteiger partial charge is 0.496 e. The van der Waals surface area contributed by atoms with Gasteiger partial charge in [0.1, 0.15) is 5.75 Å². The molecular weight excluding hydrogens is 232 g/mol. The van der Waals surface area contributed by atoms with Crippen LogP contribution in [0.2, 0.25) is 0 Å². The first-order valence-electron chi connectivity index (χ1n) is 5.61. The maximum atomic E-state index is 5.28. The number of nitrogens with one attached hydrogen (secondary N) is 1. The maximum Gasteiger partial charge on any atom is 0.126 e. The summed E-state index contributed by atoms with van der Waals surface area (Å²) in [5, 5.41) is 4.42. The Morgan fingerprint density at radius 3 is 2.94 bits per heavy atom. The van der Waals surface area contributed by atoms with Crippen molar-refractivity contribution in [2.45, 2.75) is 18.2 Å². The minimum atomic E-state index is 0.179.